The van der Waals surface area contributed by atoms with Crippen molar-refractivity contribution in [2.75, 3.05) is 12.4 Å². The second-order valence-corrected chi connectivity index (χ2v) is 4.86. The molecule has 14 heavy (non-hydrogen) atoms. The van der Waals surface area contributed by atoms with Gasteiger partial charge in [-0.25, -0.2) is 0 Å². The van der Waals surface area contributed by atoms with Crippen LogP contribution >= 0.6 is 0 Å². The largest absolute Gasteiger partial charge is 0.396 e. The molecule has 0 spiro atoms. The minimum atomic E-state index is -0.904. The molecule has 0 fully saturated rings. The van der Waals surface area contributed by atoms with Crippen LogP contribution in [-0.2, 0) is 10.8 Å². The predicted molar refractivity (Wildman–Crippen MR) is 58.8 cm³/mol. The van der Waals surface area contributed by atoms with Gasteiger partial charge in [0.05, 0.1) is 10.8 Å². The van der Waals surface area contributed by atoms with Gasteiger partial charge in [0.15, 0.2) is 0 Å². The zero-order valence-corrected chi connectivity index (χ0v) is 9.22. The highest BCUT2D eigenvalue weighted by Gasteiger charge is 2.02. The van der Waals surface area contributed by atoms with Gasteiger partial charge < -0.3 is 5.11 Å². The third-order valence-electron chi connectivity index (χ3n) is 2.02. The molecule has 1 N–H and O–H groups in total. The highest BCUT2D eigenvalue weighted by molar-refractivity contribution is 7.85. The van der Waals surface area contributed by atoms with Crippen LogP contribution in [0.3, 0.4) is 0 Å². The first-order valence-electron chi connectivity index (χ1n) is 4.80. The highest BCUT2D eigenvalue weighted by Crippen LogP contribution is 2.09. The van der Waals surface area contributed by atoms with Gasteiger partial charge in [0.2, 0.25) is 0 Å². The molecule has 0 bridgehead atoms. The lowest BCUT2D eigenvalue weighted by atomic mass is 10.2. The lowest BCUT2D eigenvalue weighted by molar-refractivity contribution is 0.287. The molecule has 0 saturated carbocycles. The third-order valence-corrected chi connectivity index (χ3v) is 3.48. The standard InChI is InChI=1S/C11H16O2S/c1-10-4-6-11(7-5-10)14(13)9-3-2-8-12/h4-7,12H,2-3,8-9H2,1H3. The Morgan fingerprint density at radius 2 is 1.86 bits per heavy atom. The fraction of sp³-hybridized carbons (Fsp3) is 0.455. The van der Waals surface area contributed by atoms with Crippen LogP contribution in [0.1, 0.15) is 18.4 Å². The molecule has 1 unspecified atom stereocenters. The summed E-state index contributed by atoms with van der Waals surface area (Å²) in [6, 6.07) is 7.76. The van der Waals surface area contributed by atoms with E-state index < -0.39 is 10.8 Å². The van der Waals surface area contributed by atoms with Crippen LogP contribution in [0.2, 0.25) is 0 Å². The van der Waals surface area contributed by atoms with E-state index in [0.717, 1.165) is 17.7 Å². The lowest BCUT2D eigenvalue weighted by Gasteiger charge is -2.01. The average molecular weight is 212 g/mol. The highest BCUT2D eigenvalue weighted by atomic mass is 32.2. The van der Waals surface area contributed by atoms with Crippen LogP contribution in [0.5, 0.6) is 0 Å². The molecule has 0 saturated heterocycles. The van der Waals surface area contributed by atoms with Crippen LogP contribution in [0, 0.1) is 6.92 Å². The number of unbranched alkanes of at least 4 members (excludes halogenated alkanes) is 1. The molecule has 0 amide bonds. The van der Waals surface area contributed by atoms with Crippen LogP contribution in [0.4, 0.5) is 0 Å². The Morgan fingerprint density at radius 3 is 2.43 bits per heavy atom. The van der Waals surface area contributed by atoms with Crippen LogP contribution in [0.25, 0.3) is 0 Å². The molecule has 1 aromatic carbocycles. The molecule has 2 nitrogen and oxygen atoms in total. The first-order chi connectivity index (χ1) is 6.74. The van der Waals surface area contributed by atoms with E-state index in [1.165, 1.54) is 5.56 Å². The molecule has 3 heteroatoms. The quantitative estimate of drug-likeness (QED) is 0.757. The summed E-state index contributed by atoms with van der Waals surface area (Å²) in [5, 5.41) is 8.59. The Kier molecular flexibility index (Phi) is 4.84. The predicted octanol–water partition coefficient (Wildman–Crippen LogP) is 1.88. The summed E-state index contributed by atoms with van der Waals surface area (Å²) >= 11 is 0. The van der Waals surface area contributed by atoms with Crippen LogP contribution in [0.15, 0.2) is 29.2 Å². The summed E-state index contributed by atoms with van der Waals surface area (Å²) in [4.78, 5) is 0.883. The van der Waals surface area contributed by atoms with E-state index in [4.69, 9.17) is 5.11 Å². The molecule has 0 heterocycles. The lowest BCUT2D eigenvalue weighted by Crippen LogP contribution is -1.99. The maximum absolute atomic E-state index is 11.7. The van der Waals surface area contributed by atoms with Gasteiger partial charge >= 0.3 is 0 Å². The number of aryl methyl sites for hydroxylation is 1. The smallest absolute Gasteiger partial charge is 0.0529 e. The van der Waals surface area contributed by atoms with E-state index in [0.29, 0.717) is 5.75 Å². The van der Waals surface area contributed by atoms with Gasteiger partial charge in [-0.3, -0.25) is 4.21 Å². The number of rotatable bonds is 5. The van der Waals surface area contributed by atoms with Crippen LogP contribution in [-0.4, -0.2) is 21.7 Å². The number of benzene rings is 1. The molecule has 78 valence electrons. The van der Waals surface area contributed by atoms with Crippen molar-refractivity contribution in [1.82, 2.24) is 0 Å². The first-order valence-corrected chi connectivity index (χ1v) is 6.12. The van der Waals surface area contributed by atoms with E-state index in [-0.39, 0.29) is 6.61 Å². The van der Waals surface area contributed by atoms with E-state index in [1.807, 2.05) is 31.2 Å². The van der Waals surface area contributed by atoms with Gasteiger partial charge in [-0.2, -0.15) is 0 Å². The monoisotopic (exact) mass is 212 g/mol. The second-order valence-electron chi connectivity index (χ2n) is 3.29. The summed E-state index contributed by atoms with van der Waals surface area (Å²) in [6.07, 6.45) is 1.55. The maximum atomic E-state index is 11.7. The van der Waals surface area contributed by atoms with E-state index in [1.54, 1.807) is 0 Å². The number of hydrogen-bond donors (Lipinski definition) is 1. The molecule has 1 atom stereocenters. The van der Waals surface area contributed by atoms with Crippen molar-refractivity contribution in [3.63, 3.8) is 0 Å². The number of aliphatic hydroxyl groups is 1. The topological polar surface area (TPSA) is 37.3 Å². The maximum Gasteiger partial charge on any atom is 0.0529 e. The average Bonchev–Trinajstić information content (AvgIpc) is 2.19. The molecule has 0 aromatic heterocycles. The Hall–Kier alpha value is -0.670. The van der Waals surface area contributed by atoms with Crippen molar-refractivity contribution in [3.8, 4) is 0 Å². The van der Waals surface area contributed by atoms with Crippen molar-refractivity contribution in [2.45, 2.75) is 24.7 Å². The Labute approximate surface area is 87.4 Å². The SMILES string of the molecule is Cc1ccc(S(=O)CCCCO)cc1. The summed E-state index contributed by atoms with van der Waals surface area (Å²) in [5.74, 6) is 0.642. The summed E-state index contributed by atoms with van der Waals surface area (Å²) in [7, 11) is -0.904. The summed E-state index contributed by atoms with van der Waals surface area (Å²) in [5.41, 5.74) is 1.18. The van der Waals surface area contributed by atoms with Gasteiger partial charge in [-0.05, 0) is 31.9 Å². The number of hydrogen-bond acceptors (Lipinski definition) is 2. The minimum absolute atomic E-state index is 0.186. The van der Waals surface area contributed by atoms with Crippen molar-refractivity contribution in [1.29, 1.82) is 0 Å². The molecule has 1 rings (SSSR count). The van der Waals surface area contributed by atoms with Gasteiger partial charge in [-0.1, -0.05) is 17.7 Å². The Bertz CT molecular complexity index is 293. The van der Waals surface area contributed by atoms with Gasteiger partial charge in [0.25, 0.3) is 0 Å². The van der Waals surface area contributed by atoms with Gasteiger partial charge in [0.1, 0.15) is 0 Å². The fourth-order valence-corrected chi connectivity index (χ4v) is 2.29. The van der Waals surface area contributed by atoms with E-state index in [2.05, 4.69) is 0 Å². The zero-order valence-electron chi connectivity index (χ0n) is 8.40. The molecule has 0 aliphatic carbocycles. The molecular formula is C11H16O2S. The Morgan fingerprint density at radius 1 is 1.21 bits per heavy atom. The van der Waals surface area contributed by atoms with Gasteiger partial charge in [0, 0.05) is 17.3 Å². The minimum Gasteiger partial charge on any atom is -0.396 e. The first kappa shape index (κ1) is 11.4. The normalized spacial score (nSPS) is 12.7. The van der Waals surface area contributed by atoms with Crippen molar-refractivity contribution < 1.29 is 9.32 Å². The zero-order chi connectivity index (χ0) is 10.4. The van der Waals surface area contributed by atoms with E-state index >= 15 is 0 Å². The molecule has 0 radical (unpaired) electrons. The second kappa shape index (κ2) is 5.94. The van der Waals surface area contributed by atoms with Crippen molar-refractivity contribution in [2.24, 2.45) is 0 Å². The molecule has 0 aliphatic rings. The molecule has 0 aliphatic heterocycles. The molecule has 1 aromatic rings. The fourth-order valence-electron chi connectivity index (χ4n) is 1.15. The Balaban J connectivity index is 2.48. The van der Waals surface area contributed by atoms with Gasteiger partial charge in [-0.15, -0.1) is 0 Å². The van der Waals surface area contributed by atoms with E-state index in [9.17, 15) is 4.21 Å². The van der Waals surface area contributed by atoms with Crippen LogP contribution < -0.4 is 0 Å². The molecular weight excluding hydrogens is 196 g/mol. The third kappa shape index (κ3) is 3.60. The summed E-state index contributed by atoms with van der Waals surface area (Å²) in [6.45, 7) is 2.20. The summed E-state index contributed by atoms with van der Waals surface area (Å²) < 4.78 is 11.7. The van der Waals surface area contributed by atoms with Crippen molar-refractivity contribution >= 4 is 10.8 Å². The number of aliphatic hydroxyl groups excluding tert-OH is 1. The van der Waals surface area contributed by atoms with Crippen molar-refractivity contribution in [3.05, 3.63) is 29.8 Å².